The Morgan fingerprint density at radius 1 is 1.43 bits per heavy atom. The summed E-state index contributed by atoms with van der Waals surface area (Å²) in [5, 5.41) is 3.32. The molecule has 8 heteroatoms. The van der Waals surface area contributed by atoms with Crippen LogP contribution in [0.4, 0.5) is 0 Å². The molecule has 0 unspecified atom stereocenters. The van der Waals surface area contributed by atoms with Gasteiger partial charge in [-0.25, -0.2) is 0 Å². The third-order valence-corrected chi connectivity index (χ3v) is 3.72. The molecule has 1 rings (SSSR count). The summed E-state index contributed by atoms with van der Waals surface area (Å²) in [5.41, 5.74) is 5.23. The molecule has 0 aromatic heterocycles. The van der Waals surface area contributed by atoms with E-state index in [9.17, 15) is 9.59 Å². The third kappa shape index (κ3) is 6.46. The van der Waals surface area contributed by atoms with Crippen LogP contribution in [0, 0.1) is 0 Å². The maximum Gasteiger partial charge on any atom is 0.258 e. The largest absolute Gasteiger partial charge is 0.482 e. The fourth-order valence-corrected chi connectivity index (χ4v) is 2.43. The van der Waals surface area contributed by atoms with Gasteiger partial charge in [-0.2, -0.15) is 11.8 Å². The van der Waals surface area contributed by atoms with Gasteiger partial charge in [0.25, 0.3) is 5.91 Å². The highest BCUT2D eigenvalue weighted by Gasteiger charge is 2.18. The van der Waals surface area contributed by atoms with E-state index in [1.807, 2.05) is 6.26 Å². The second kappa shape index (κ2) is 9.02. The van der Waals surface area contributed by atoms with Crippen LogP contribution in [0.25, 0.3) is 0 Å². The summed E-state index contributed by atoms with van der Waals surface area (Å²) in [5.74, 6) is 0.0568. The Bertz CT molecular complexity index is 514. The van der Waals surface area contributed by atoms with E-state index < -0.39 is 17.9 Å². The first-order valence-electron chi connectivity index (χ1n) is 6.09. The minimum absolute atomic E-state index is 0.260. The van der Waals surface area contributed by atoms with Crippen LogP contribution in [0.1, 0.15) is 6.42 Å². The lowest BCUT2D eigenvalue weighted by Gasteiger charge is -2.15. The lowest BCUT2D eigenvalue weighted by molar-refractivity contribution is -0.128. The number of amides is 2. The number of carbonyl (C=O) groups excluding carboxylic acids is 2. The number of halogens is 2. The molecule has 0 aliphatic heterocycles. The minimum atomic E-state index is -0.700. The first-order valence-corrected chi connectivity index (χ1v) is 8.24. The predicted molar refractivity (Wildman–Crippen MR) is 86.1 cm³/mol. The maximum absolute atomic E-state index is 11.8. The second-order valence-electron chi connectivity index (χ2n) is 4.17. The van der Waals surface area contributed by atoms with Gasteiger partial charge in [0.1, 0.15) is 11.8 Å². The molecule has 3 N–H and O–H groups in total. The average Bonchev–Trinajstić information content (AvgIpc) is 2.42. The first-order chi connectivity index (χ1) is 9.93. The standard InChI is InChI=1S/C13H16Cl2N2O3S/c1-21-5-4-10(13(16)19)17-12(18)7-20-11-3-2-8(14)6-9(11)15/h2-3,6,10H,4-5,7H2,1H3,(H2,16,19)(H,17,18)/t10-/m0/s1. The zero-order valence-corrected chi connectivity index (χ0v) is 13.7. The molecule has 1 atom stereocenters. The number of benzene rings is 1. The van der Waals surface area contributed by atoms with Crippen molar-refractivity contribution < 1.29 is 14.3 Å². The molecule has 0 aliphatic rings. The molecule has 116 valence electrons. The zero-order chi connectivity index (χ0) is 15.8. The first kappa shape index (κ1) is 17.9. The number of hydrogen-bond acceptors (Lipinski definition) is 4. The number of ether oxygens (including phenoxy) is 1. The topological polar surface area (TPSA) is 81.4 Å². The van der Waals surface area contributed by atoms with Crippen LogP contribution in [0.15, 0.2) is 18.2 Å². The Labute approximate surface area is 137 Å². The summed E-state index contributed by atoms with van der Waals surface area (Å²) in [6, 6.07) is 3.98. The molecular formula is C13H16Cl2N2O3S. The van der Waals surface area contributed by atoms with Crippen molar-refractivity contribution in [3.63, 3.8) is 0 Å². The number of thioether (sulfide) groups is 1. The van der Waals surface area contributed by atoms with Crippen molar-refractivity contribution in [1.82, 2.24) is 5.32 Å². The molecule has 21 heavy (non-hydrogen) atoms. The Kier molecular flexibility index (Phi) is 7.71. The molecule has 1 aromatic carbocycles. The monoisotopic (exact) mass is 350 g/mol. The summed E-state index contributed by atoms with van der Waals surface area (Å²) in [6.07, 6.45) is 2.38. The van der Waals surface area contributed by atoms with E-state index >= 15 is 0 Å². The van der Waals surface area contributed by atoms with Gasteiger partial charge in [0.05, 0.1) is 5.02 Å². The molecule has 1 aromatic rings. The van der Waals surface area contributed by atoms with Gasteiger partial charge in [-0.15, -0.1) is 0 Å². The Hall–Kier alpha value is -1.11. The highest BCUT2D eigenvalue weighted by atomic mass is 35.5. The summed E-state index contributed by atoms with van der Waals surface area (Å²) in [4.78, 5) is 23.0. The van der Waals surface area contributed by atoms with Crippen LogP contribution >= 0.6 is 35.0 Å². The quantitative estimate of drug-likeness (QED) is 0.752. The summed E-state index contributed by atoms with van der Waals surface area (Å²) < 4.78 is 5.28. The van der Waals surface area contributed by atoms with Crippen molar-refractivity contribution in [2.24, 2.45) is 5.73 Å². The molecule has 5 nitrogen and oxygen atoms in total. The number of carbonyl (C=O) groups is 2. The van der Waals surface area contributed by atoms with E-state index in [2.05, 4.69) is 5.32 Å². The minimum Gasteiger partial charge on any atom is -0.482 e. The van der Waals surface area contributed by atoms with Crippen molar-refractivity contribution in [1.29, 1.82) is 0 Å². The van der Waals surface area contributed by atoms with Gasteiger partial charge in [0.15, 0.2) is 6.61 Å². The van der Waals surface area contributed by atoms with E-state index in [0.29, 0.717) is 22.2 Å². The van der Waals surface area contributed by atoms with Crippen molar-refractivity contribution in [2.45, 2.75) is 12.5 Å². The van der Waals surface area contributed by atoms with E-state index in [-0.39, 0.29) is 6.61 Å². The van der Waals surface area contributed by atoms with Gasteiger partial charge < -0.3 is 15.8 Å². The highest BCUT2D eigenvalue weighted by molar-refractivity contribution is 7.98. The lowest BCUT2D eigenvalue weighted by Crippen LogP contribution is -2.46. The lowest BCUT2D eigenvalue weighted by atomic mass is 10.2. The Balaban J connectivity index is 2.50. The fraction of sp³-hybridized carbons (Fsp3) is 0.385. The molecule has 0 aliphatic carbocycles. The molecule has 0 saturated heterocycles. The van der Waals surface area contributed by atoms with Gasteiger partial charge >= 0.3 is 0 Å². The van der Waals surface area contributed by atoms with Gasteiger partial charge in [-0.1, -0.05) is 23.2 Å². The zero-order valence-electron chi connectivity index (χ0n) is 11.4. The maximum atomic E-state index is 11.8. The summed E-state index contributed by atoms with van der Waals surface area (Å²) in [6.45, 7) is -0.260. The van der Waals surface area contributed by atoms with Crippen molar-refractivity contribution >= 4 is 46.8 Å². The predicted octanol–water partition coefficient (Wildman–Crippen LogP) is 2.10. The van der Waals surface area contributed by atoms with Crippen molar-refractivity contribution in [3.05, 3.63) is 28.2 Å². The molecule has 0 saturated carbocycles. The average molecular weight is 351 g/mol. The number of nitrogens with two attached hydrogens (primary N) is 1. The Morgan fingerprint density at radius 3 is 2.71 bits per heavy atom. The molecular weight excluding hydrogens is 335 g/mol. The number of hydrogen-bond donors (Lipinski definition) is 2. The van der Waals surface area contributed by atoms with Gasteiger partial charge in [0, 0.05) is 5.02 Å². The highest BCUT2D eigenvalue weighted by Crippen LogP contribution is 2.27. The fourth-order valence-electron chi connectivity index (χ4n) is 1.49. The van der Waals surface area contributed by atoms with Gasteiger partial charge in [-0.3, -0.25) is 9.59 Å². The Morgan fingerprint density at radius 2 is 2.14 bits per heavy atom. The molecule has 0 heterocycles. The van der Waals surface area contributed by atoms with Gasteiger partial charge in [0.2, 0.25) is 5.91 Å². The van der Waals surface area contributed by atoms with E-state index in [1.54, 1.807) is 23.9 Å². The molecule has 0 radical (unpaired) electrons. The van der Waals surface area contributed by atoms with Crippen molar-refractivity contribution in [2.75, 3.05) is 18.6 Å². The number of primary amides is 1. The SMILES string of the molecule is CSCC[C@H](NC(=O)COc1ccc(Cl)cc1Cl)C(N)=O. The van der Waals surface area contributed by atoms with E-state index in [0.717, 1.165) is 5.75 Å². The number of rotatable bonds is 8. The van der Waals surface area contributed by atoms with Crippen molar-refractivity contribution in [3.8, 4) is 5.75 Å². The second-order valence-corrected chi connectivity index (χ2v) is 6.00. The molecule has 0 fully saturated rings. The van der Waals surface area contributed by atoms with Crippen LogP contribution in [0.2, 0.25) is 10.0 Å². The van der Waals surface area contributed by atoms with Crippen LogP contribution in [0.3, 0.4) is 0 Å². The smallest absolute Gasteiger partial charge is 0.258 e. The molecule has 0 spiro atoms. The molecule has 2 amide bonds. The number of nitrogens with one attached hydrogen (secondary N) is 1. The van der Waals surface area contributed by atoms with E-state index in [4.69, 9.17) is 33.7 Å². The van der Waals surface area contributed by atoms with Crippen LogP contribution in [-0.2, 0) is 9.59 Å². The van der Waals surface area contributed by atoms with Crippen LogP contribution < -0.4 is 15.8 Å². The normalized spacial score (nSPS) is 11.8. The third-order valence-electron chi connectivity index (χ3n) is 2.54. The van der Waals surface area contributed by atoms with Crippen LogP contribution in [-0.4, -0.2) is 36.5 Å². The summed E-state index contributed by atoms with van der Waals surface area (Å²) in [7, 11) is 0. The molecule has 0 bridgehead atoms. The van der Waals surface area contributed by atoms with E-state index in [1.165, 1.54) is 6.07 Å². The summed E-state index contributed by atoms with van der Waals surface area (Å²) >= 11 is 13.2. The van der Waals surface area contributed by atoms with Gasteiger partial charge in [-0.05, 0) is 36.6 Å². The van der Waals surface area contributed by atoms with Crippen LogP contribution in [0.5, 0.6) is 5.75 Å².